The van der Waals surface area contributed by atoms with Gasteiger partial charge in [-0.25, -0.2) is 9.78 Å². The van der Waals surface area contributed by atoms with Gasteiger partial charge in [0.1, 0.15) is 0 Å². The Kier molecular flexibility index (Phi) is 6.16. The van der Waals surface area contributed by atoms with Crippen LogP contribution in [0.2, 0.25) is 0 Å². The smallest absolute Gasteiger partial charge is 0.329 e. The summed E-state index contributed by atoms with van der Waals surface area (Å²) >= 11 is 1.78. The van der Waals surface area contributed by atoms with Crippen molar-refractivity contribution in [2.24, 2.45) is 0 Å². The highest BCUT2D eigenvalue weighted by atomic mass is 32.1. The number of carbonyl (C=O) groups excluding carboxylic acids is 1. The number of H-pyrrole nitrogens is 1. The molecule has 1 N–H and O–H groups in total. The van der Waals surface area contributed by atoms with Crippen LogP contribution in [-0.4, -0.2) is 63.0 Å². The summed E-state index contributed by atoms with van der Waals surface area (Å²) < 4.78 is 1.50. The molecular weight excluding hydrogens is 438 g/mol. The highest BCUT2D eigenvalue weighted by Gasteiger charge is 2.30. The van der Waals surface area contributed by atoms with Gasteiger partial charge in [-0.05, 0) is 43.2 Å². The zero-order valence-corrected chi connectivity index (χ0v) is 19.7. The summed E-state index contributed by atoms with van der Waals surface area (Å²) in [7, 11) is 0. The number of rotatable bonds is 7. The average Bonchev–Trinajstić information content (AvgIpc) is 3.55. The number of piperazine rings is 1. The molecule has 1 aliphatic carbocycles. The average molecular weight is 468 g/mol. The Morgan fingerprint density at radius 1 is 1.18 bits per heavy atom. The first-order valence-electron chi connectivity index (χ1n) is 11.8. The second-order valence-corrected chi connectivity index (χ2v) is 9.97. The van der Waals surface area contributed by atoms with Crippen LogP contribution in [0.3, 0.4) is 0 Å². The monoisotopic (exact) mass is 467 g/mol. The molecule has 8 nitrogen and oxygen atoms in total. The Morgan fingerprint density at radius 2 is 1.97 bits per heavy atom. The Morgan fingerprint density at radius 3 is 2.64 bits per heavy atom. The number of thiophene rings is 1. The Labute approximate surface area is 195 Å². The molecule has 0 aromatic carbocycles. The minimum Gasteiger partial charge on any atom is -0.336 e. The maximum Gasteiger partial charge on any atom is 0.329 e. The van der Waals surface area contributed by atoms with Crippen molar-refractivity contribution in [3.05, 3.63) is 60.6 Å². The third-order valence-corrected chi connectivity index (χ3v) is 7.49. The summed E-state index contributed by atoms with van der Waals surface area (Å²) in [6.07, 6.45) is 3.80. The molecule has 174 valence electrons. The molecule has 0 radical (unpaired) electrons. The van der Waals surface area contributed by atoms with Gasteiger partial charge in [0.05, 0.1) is 10.9 Å². The second-order valence-electron chi connectivity index (χ2n) is 8.94. The van der Waals surface area contributed by atoms with E-state index in [0.717, 1.165) is 51.0 Å². The molecule has 2 aliphatic rings. The van der Waals surface area contributed by atoms with Crippen LogP contribution >= 0.6 is 11.3 Å². The summed E-state index contributed by atoms with van der Waals surface area (Å²) in [5, 5.41) is 2.33. The predicted octanol–water partition coefficient (Wildman–Crippen LogP) is 2.43. The number of pyridine rings is 1. The number of nitrogens with one attached hydrogen (secondary N) is 1. The Balaban J connectivity index is 1.42. The van der Waals surface area contributed by atoms with E-state index in [1.165, 1.54) is 9.44 Å². The first-order chi connectivity index (χ1) is 16.0. The fourth-order valence-electron chi connectivity index (χ4n) is 4.55. The molecule has 3 aromatic heterocycles. The minimum atomic E-state index is -0.532. The molecule has 2 fully saturated rings. The summed E-state index contributed by atoms with van der Waals surface area (Å²) in [4.78, 5) is 51.6. The first kappa shape index (κ1) is 22.0. The third kappa shape index (κ3) is 4.52. The largest absolute Gasteiger partial charge is 0.336 e. The number of amides is 1. The lowest BCUT2D eigenvalue weighted by Crippen LogP contribution is -2.49. The third-order valence-electron chi connectivity index (χ3n) is 6.56. The predicted molar refractivity (Wildman–Crippen MR) is 129 cm³/mol. The maximum atomic E-state index is 13.6. The van der Waals surface area contributed by atoms with Crippen molar-refractivity contribution in [2.45, 2.75) is 45.1 Å². The fraction of sp³-hybridized carbons (Fsp3) is 0.500. The van der Waals surface area contributed by atoms with Gasteiger partial charge in [0.2, 0.25) is 0 Å². The number of aromatic nitrogens is 3. The SMILES string of the molecule is CCCn1c(=O)[nH]c(=O)c2c(C(=O)N3CCN(CCc4cccs4)CC3)cc(C3CC3)nc21. The van der Waals surface area contributed by atoms with Crippen LogP contribution in [0, 0.1) is 0 Å². The second kappa shape index (κ2) is 9.23. The van der Waals surface area contributed by atoms with E-state index >= 15 is 0 Å². The van der Waals surface area contributed by atoms with E-state index in [2.05, 4.69) is 27.4 Å². The molecule has 1 saturated carbocycles. The van der Waals surface area contributed by atoms with Crippen molar-refractivity contribution >= 4 is 28.3 Å². The van der Waals surface area contributed by atoms with Crippen molar-refractivity contribution in [2.75, 3.05) is 32.7 Å². The van der Waals surface area contributed by atoms with E-state index in [9.17, 15) is 14.4 Å². The van der Waals surface area contributed by atoms with Gasteiger partial charge in [0, 0.05) is 55.8 Å². The van der Waals surface area contributed by atoms with Gasteiger partial charge in [-0.1, -0.05) is 13.0 Å². The van der Waals surface area contributed by atoms with Crippen molar-refractivity contribution < 1.29 is 4.79 Å². The number of fused-ring (bicyclic) bond motifs is 1. The molecule has 4 heterocycles. The summed E-state index contributed by atoms with van der Waals surface area (Å²) in [5.74, 6) is 0.161. The van der Waals surface area contributed by atoms with Crippen LogP contribution < -0.4 is 11.2 Å². The number of nitrogens with zero attached hydrogens (tertiary/aromatic N) is 4. The normalized spacial score (nSPS) is 17.1. The van der Waals surface area contributed by atoms with Gasteiger partial charge in [-0.2, -0.15) is 0 Å². The number of hydrogen-bond acceptors (Lipinski definition) is 6. The van der Waals surface area contributed by atoms with E-state index in [1.807, 2.05) is 11.8 Å². The lowest BCUT2D eigenvalue weighted by Gasteiger charge is -2.35. The molecule has 9 heteroatoms. The number of aromatic amines is 1. The molecular formula is C24H29N5O3S. The van der Waals surface area contributed by atoms with Crippen LogP contribution in [0.15, 0.2) is 33.2 Å². The lowest BCUT2D eigenvalue weighted by molar-refractivity contribution is 0.0640. The molecule has 33 heavy (non-hydrogen) atoms. The van der Waals surface area contributed by atoms with Gasteiger partial charge >= 0.3 is 5.69 Å². The quantitative estimate of drug-likeness (QED) is 0.576. The summed E-state index contributed by atoms with van der Waals surface area (Å²) in [5.41, 5.74) is 0.533. The van der Waals surface area contributed by atoms with E-state index in [4.69, 9.17) is 4.98 Å². The topological polar surface area (TPSA) is 91.3 Å². The molecule has 0 unspecified atom stereocenters. The van der Waals surface area contributed by atoms with Gasteiger partial charge in [-0.15, -0.1) is 11.3 Å². The van der Waals surface area contributed by atoms with Crippen LogP contribution in [0.5, 0.6) is 0 Å². The molecule has 0 atom stereocenters. The van der Waals surface area contributed by atoms with E-state index in [-0.39, 0.29) is 11.3 Å². The van der Waals surface area contributed by atoms with Crippen LogP contribution in [0.1, 0.15) is 53.0 Å². The molecule has 3 aromatic rings. The van der Waals surface area contributed by atoms with Crippen molar-refractivity contribution in [3.63, 3.8) is 0 Å². The van der Waals surface area contributed by atoms with E-state index in [1.54, 1.807) is 17.4 Å². The molecule has 5 rings (SSSR count). The standard InChI is InChI=1S/C24H29N5O3S/c1-2-8-29-21-20(22(30)26-24(29)32)18(15-19(25-21)16-5-6-16)23(31)28-12-10-27(11-13-28)9-7-17-4-3-14-33-17/h3-4,14-16H,2,5-13H2,1H3,(H,26,30,32). The molecule has 1 amide bonds. The number of hydrogen-bond donors (Lipinski definition) is 1. The lowest BCUT2D eigenvalue weighted by atomic mass is 10.1. The van der Waals surface area contributed by atoms with Crippen LogP contribution in [0.25, 0.3) is 11.0 Å². The van der Waals surface area contributed by atoms with Gasteiger partial charge in [0.25, 0.3) is 11.5 Å². The zero-order valence-electron chi connectivity index (χ0n) is 18.9. The van der Waals surface area contributed by atoms with Gasteiger partial charge in [0.15, 0.2) is 5.65 Å². The van der Waals surface area contributed by atoms with Gasteiger partial charge in [-0.3, -0.25) is 24.0 Å². The molecule has 1 aliphatic heterocycles. The van der Waals surface area contributed by atoms with Crippen molar-refractivity contribution in [1.29, 1.82) is 0 Å². The Hall–Kier alpha value is -2.78. The molecule has 0 bridgehead atoms. The van der Waals surface area contributed by atoms with Crippen LogP contribution in [-0.2, 0) is 13.0 Å². The maximum absolute atomic E-state index is 13.6. The highest BCUT2D eigenvalue weighted by molar-refractivity contribution is 7.09. The van der Waals surface area contributed by atoms with E-state index in [0.29, 0.717) is 36.8 Å². The summed E-state index contributed by atoms with van der Waals surface area (Å²) in [6.45, 7) is 6.27. The van der Waals surface area contributed by atoms with E-state index < -0.39 is 11.2 Å². The molecule has 1 saturated heterocycles. The number of aryl methyl sites for hydroxylation is 1. The fourth-order valence-corrected chi connectivity index (χ4v) is 5.25. The van der Waals surface area contributed by atoms with Crippen LogP contribution in [0.4, 0.5) is 0 Å². The zero-order chi connectivity index (χ0) is 22.9. The summed E-state index contributed by atoms with van der Waals surface area (Å²) in [6, 6.07) is 6.03. The first-order valence-corrected chi connectivity index (χ1v) is 12.6. The van der Waals surface area contributed by atoms with Crippen molar-refractivity contribution in [1.82, 2.24) is 24.3 Å². The minimum absolute atomic E-state index is 0.144. The van der Waals surface area contributed by atoms with Crippen molar-refractivity contribution in [3.8, 4) is 0 Å². The Bertz CT molecular complexity index is 1270. The highest BCUT2D eigenvalue weighted by Crippen LogP contribution is 2.40. The molecule has 0 spiro atoms. The van der Waals surface area contributed by atoms with Gasteiger partial charge < -0.3 is 4.90 Å². The number of carbonyl (C=O) groups is 1.